The molecule has 4 heterocycles. The number of halogens is 1. The van der Waals surface area contributed by atoms with Gasteiger partial charge in [-0.1, -0.05) is 70.1 Å². The summed E-state index contributed by atoms with van der Waals surface area (Å²) in [4.78, 5) is 48.2. The Hall–Kier alpha value is -4.24. The number of hydrogen-bond acceptors (Lipinski definition) is 7. The van der Waals surface area contributed by atoms with Crippen molar-refractivity contribution in [1.29, 1.82) is 0 Å². The Morgan fingerprint density at radius 3 is 2.38 bits per heavy atom. The van der Waals surface area contributed by atoms with Crippen molar-refractivity contribution in [3.8, 4) is 16.9 Å². The summed E-state index contributed by atoms with van der Waals surface area (Å²) in [5.74, 6) is 0.639. The molecule has 248 valence electrons. The Bertz CT molecular complexity index is 1860. The number of rotatable bonds is 9. The zero-order valence-electron chi connectivity index (χ0n) is 28.8. The third kappa shape index (κ3) is 6.25. The van der Waals surface area contributed by atoms with Crippen molar-refractivity contribution in [3.05, 3.63) is 82.0 Å². The Morgan fingerprint density at radius 1 is 1.04 bits per heavy atom. The van der Waals surface area contributed by atoms with Crippen LogP contribution in [-0.4, -0.2) is 68.6 Å². The average molecular weight is 656 g/mol. The molecule has 0 saturated carbocycles. The van der Waals surface area contributed by atoms with Crippen molar-refractivity contribution in [2.24, 2.45) is 0 Å². The van der Waals surface area contributed by atoms with Crippen LogP contribution in [0.3, 0.4) is 0 Å². The largest absolute Gasteiger partial charge is 0.370 e. The van der Waals surface area contributed by atoms with Gasteiger partial charge < -0.3 is 14.7 Å². The number of hydrogen-bond donors (Lipinski definition) is 0. The second-order valence-electron chi connectivity index (χ2n) is 12.9. The molecule has 1 amide bonds. The standard InChI is InChI=1S/C37H46ClN7O2/c1-10-31(46)43-20-25(9)44(21-24(43)8)35-28-19-29(38)33(27-16-14-13-15-26(27)22(4)5)40-36(28)45(37(47)41-35)34-30(42(11-2)12-3)17-18-39-32(34)23(6)7/h10,13-19,22-25H,1,11-12,20-21H2,2-9H3/t24-,25+/m1/s1. The predicted molar refractivity (Wildman–Crippen MR) is 193 cm³/mol. The summed E-state index contributed by atoms with van der Waals surface area (Å²) < 4.78 is 1.64. The Kier molecular flexibility index (Phi) is 10.1. The first kappa shape index (κ1) is 34.1. The maximum Gasteiger partial charge on any atom is 0.355 e. The minimum absolute atomic E-state index is 0.0203. The van der Waals surface area contributed by atoms with Crippen molar-refractivity contribution in [3.63, 3.8) is 0 Å². The van der Waals surface area contributed by atoms with Gasteiger partial charge in [0.2, 0.25) is 5.91 Å². The number of anilines is 2. The normalized spacial score (nSPS) is 16.7. The molecular formula is C37H46ClN7O2. The molecule has 0 N–H and O–H groups in total. The zero-order chi connectivity index (χ0) is 34.2. The highest BCUT2D eigenvalue weighted by atomic mass is 35.5. The molecule has 10 heteroatoms. The molecule has 5 rings (SSSR count). The number of pyridine rings is 2. The number of piperazine rings is 1. The number of carbonyl (C=O) groups is 1. The van der Waals surface area contributed by atoms with Crippen LogP contribution in [0.25, 0.3) is 28.0 Å². The van der Waals surface area contributed by atoms with Crippen molar-refractivity contribution < 1.29 is 4.79 Å². The van der Waals surface area contributed by atoms with E-state index in [1.165, 1.54) is 6.08 Å². The smallest absolute Gasteiger partial charge is 0.355 e. The predicted octanol–water partition coefficient (Wildman–Crippen LogP) is 7.20. The van der Waals surface area contributed by atoms with Crippen LogP contribution in [0.4, 0.5) is 11.5 Å². The lowest BCUT2D eigenvalue weighted by Gasteiger charge is -2.44. The van der Waals surface area contributed by atoms with Crippen LogP contribution in [0.5, 0.6) is 0 Å². The molecule has 0 spiro atoms. The van der Waals surface area contributed by atoms with Crippen LogP contribution in [-0.2, 0) is 4.79 Å². The third-order valence-electron chi connectivity index (χ3n) is 9.16. The SMILES string of the molecule is C=CC(=O)N1C[C@H](C)N(c2nc(=O)n(-c3c(N(CC)CC)ccnc3C(C)C)c3nc(-c4ccccc4C(C)C)c(Cl)cc23)C[C@H]1C. The van der Waals surface area contributed by atoms with Crippen molar-refractivity contribution >= 4 is 40.0 Å². The van der Waals surface area contributed by atoms with Gasteiger partial charge in [-0.3, -0.25) is 9.78 Å². The van der Waals surface area contributed by atoms with Crippen LogP contribution in [0, 0.1) is 0 Å². The molecule has 1 aliphatic heterocycles. The summed E-state index contributed by atoms with van der Waals surface area (Å²) in [6.45, 7) is 22.8. The topological polar surface area (TPSA) is 87.5 Å². The summed E-state index contributed by atoms with van der Waals surface area (Å²) in [6, 6.07) is 11.7. The molecule has 4 aromatic rings. The molecule has 0 radical (unpaired) electrons. The van der Waals surface area contributed by atoms with Gasteiger partial charge in [-0.05, 0) is 63.3 Å². The number of aromatic nitrogens is 4. The number of amides is 1. The Morgan fingerprint density at radius 2 is 1.74 bits per heavy atom. The lowest BCUT2D eigenvalue weighted by Crippen LogP contribution is -2.58. The second kappa shape index (κ2) is 13.9. The number of carbonyl (C=O) groups excluding carboxylic acids is 1. The van der Waals surface area contributed by atoms with Crippen LogP contribution < -0.4 is 15.5 Å². The highest BCUT2D eigenvalue weighted by molar-refractivity contribution is 6.34. The van der Waals surface area contributed by atoms with Gasteiger partial charge in [-0.15, -0.1) is 0 Å². The Labute approximate surface area is 282 Å². The van der Waals surface area contributed by atoms with Gasteiger partial charge in [0.1, 0.15) is 5.82 Å². The van der Waals surface area contributed by atoms with Crippen LogP contribution in [0.2, 0.25) is 5.02 Å². The lowest BCUT2D eigenvalue weighted by molar-refractivity contribution is -0.128. The molecule has 1 aliphatic rings. The molecule has 47 heavy (non-hydrogen) atoms. The molecule has 0 bridgehead atoms. The number of fused-ring (bicyclic) bond motifs is 1. The van der Waals surface area contributed by atoms with Gasteiger partial charge >= 0.3 is 5.69 Å². The Balaban J connectivity index is 1.89. The van der Waals surface area contributed by atoms with Crippen LogP contribution in [0.15, 0.2) is 60.0 Å². The molecule has 2 atom stereocenters. The highest BCUT2D eigenvalue weighted by Gasteiger charge is 2.34. The number of nitrogens with zero attached hydrogens (tertiary/aromatic N) is 7. The first-order valence-electron chi connectivity index (χ1n) is 16.6. The van der Waals surface area contributed by atoms with Gasteiger partial charge in [-0.25, -0.2) is 14.3 Å². The van der Waals surface area contributed by atoms with Gasteiger partial charge in [0, 0.05) is 50.0 Å². The monoisotopic (exact) mass is 655 g/mol. The van der Waals surface area contributed by atoms with E-state index in [0.29, 0.717) is 46.3 Å². The number of benzene rings is 1. The molecule has 0 unspecified atom stereocenters. The molecular weight excluding hydrogens is 610 g/mol. The van der Waals surface area contributed by atoms with E-state index in [1.54, 1.807) is 4.57 Å². The van der Waals surface area contributed by atoms with E-state index in [0.717, 1.165) is 35.6 Å². The summed E-state index contributed by atoms with van der Waals surface area (Å²) in [5, 5.41) is 1.13. The summed E-state index contributed by atoms with van der Waals surface area (Å²) >= 11 is 7.14. The maximum atomic E-state index is 14.6. The molecule has 1 aromatic carbocycles. The van der Waals surface area contributed by atoms with Gasteiger partial charge in [0.15, 0.2) is 5.65 Å². The molecule has 1 fully saturated rings. The summed E-state index contributed by atoms with van der Waals surface area (Å²) in [6.07, 6.45) is 3.16. The lowest BCUT2D eigenvalue weighted by atomic mass is 9.95. The van der Waals surface area contributed by atoms with E-state index < -0.39 is 5.69 Å². The van der Waals surface area contributed by atoms with Gasteiger partial charge in [0.05, 0.1) is 33.2 Å². The minimum Gasteiger partial charge on any atom is -0.370 e. The fourth-order valence-electron chi connectivity index (χ4n) is 6.71. The van der Waals surface area contributed by atoms with E-state index >= 15 is 0 Å². The minimum atomic E-state index is -0.446. The molecule has 0 aliphatic carbocycles. The van der Waals surface area contributed by atoms with Crippen molar-refractivity contribution in [1.82, 2.24) is 24.4 Å². The van der Waals surface area contributed by atoms with E-state index in [2.05, 4.69) is 64.0 Å². The van der Waals surface area contributed by atoms with E-state index in [1.807, 2.05) is 55.3 Å². The highest BCUT2D eigenvalue weighted by Crippen LogP contribution is 2.39. The van der Waals surface area contributed by atoms with E-state index in [4.69, 9.17) is 26.6 Å². The fourth-order valence-corrected chi connectivity index (χ4v) is 6.96. The molecule has 3 aromatic heterocycles. The fraction of sp³-hybridized carbons (Fsp3) is 0.432. The first-order chi connectivity index (χ1) is 22.4. The van der Waals surface area contributed by atoms with Crippen LogP contribution >= 0.6 is 11.6 Å². The van der Waals surface area contributed by atoms with Crippen molar-refractivity contribution in [2.45, 2.75) is 79.3 Å². The van der Waals surface area contributed by atoms with Gasteiger partial charge in [0.25, 0.3) is 0 Å². The average Bonchev–Trinajstić information content (AvgIpc) is 3.05. The molecule has 1 saturated heterocycles. The van der Waals surface area contributed by atoms with Gasteiger partial charge in [-0.2, -0.15) is 4.98 Å². The second-order valence-corrected chi connectivity index (χ2v) is 13.3. The van der Waals surface area contributed by atoms with E-state index in [-0.39, 0.29) is 29.8 Å². The summed E-state index contributed by atoms with van der Waals surface area (Å²) in [7, 11) is 0. The maximum absolute atomic E-state index is 14.6. The summed E-state index contributed by atoms with van der Waals surface area (Å²) in [5.41, 5.74) is 5.02. The quantitative estimate of drug-likeness (QED) is 0.176. The molecule has 9 nitrogen and oxygen atoms in total. The van der Waals surface area contributed by atoms with E-state index in [9.17, 15) is 9.59 Å². The zero-order valence-corrected chi connectivity index (χ0v) is 29.5. The van der Waals surface area contributed by atoms with Crippen LogP contribution in [0.1, 0.15) is 78.5 Å². The van der Waals surface area contributed by atoms with Crippen molar-refractivity contribution in [2.75, 3.05) is 36.0 Å². The first-order valence-corrected chi connectivity index (χ1v) is 17.0. The third-order valence-corrected chi connectivity index (χ3v) is 9.45.